The summed E-state index contributed by atoms with van der Waals surface area (Å²) in [7, 11) is 1.60. The molecule has 0 saturated heterocycles. The van der Waals surface area contributed by atoms with Gasteiger partial charge in [0, 0.05) is 7.05 Å². The number of alkyl halides is 2. The van der Waals surface area contributed by atoms with Gasteiger partial charge in [0.25, 0.3) is 0 Å². The number of hydrogen-bond donors (Lipinski definition) is 2. The zero-order valence-corrected chi connectivity index (χ0v) is 17.1. The van der Waals surface area contributed by atoms with Crippen molar-refractivity contribution < 1.29 is 57.1 Å². The Balaban J connectivity index is -0.000000280. The molecule has 0 aliphatic carbocycles. The van der Waals surface area contributed by atoms with Crippen molar-refractivity contribution in [2.75, 3.05) is 29.0 Å². The first kappa shape index (κ1) is 22.9. The molecule has 0 aliphatic rings. The van der Waals surface area contributed by atoms with Crippen LogP contribution in [0, 0.1) is 45.0 Å². The molecule has 6 heteroatoms. The molecule has 100 valence electrons. The quantitative estimate of drug-likeness (QED) is 0.0864. The zero-order chi connectivity index (χ0) is 12.8. The average Bonchev–Trinajstić information content (AvgIpc) is 2.27. The maximum atomic E-state index is 11.0. The Morgan fingerprint density at radius 3 is 2.41 bits per heavy atom. The molecule has 0 radical (unpaired) electrons. The molecule has 0 aromatic rings. The van der Waals surface area contributed by atoms with Gasteiger partial charge in [-0.05, 0) is 5.84 Å². The molecule has 0 aromatic heterocycles. The van der Waals surface area contributed by atoms with Crippen LogP contribution in [0.1, 0.15) is 13.3 Å². The summed E-state index contributed by atoms with van der Waals surface area (Å²) in [5, 5.41) is 3.02. The van der Waals surface area contributed by atoms with Crippen LogP contribution in [0.2, 0.25) is 0 Å². The molecule has 17 heavy (non-hydrogen) atoms. The minimum absolute atomic E-state index is 0. The summed E-state index contributed by atoms with van der Waals surface area (Å²) in [6.07, 6.45) is 0.760. The fraction of sp³-hybridized carbons (Fsp3) is 0.636. The number of nitrogens with zero attached hydrogens (tertiary/aromatic N) is 1. The predicted molar refractivity (Wildman–Crippen MR) is 66.2 cm³/mol. The van der Waals surface area contributed by atoms with E-state index in [1.807, 2.05) is 6.92 Å². The Morgan fingerprint density at radius 1 is 1.53 bits per heavy atom. The Kier molecular flexibility index (Phi) is 25.7. The molecule has 3 N–H and O–H groups in total. The number of nitrogens with one attached hydrogen (secondary N) is 1. The van der Waals surface area contributed by atoms with Gasteiger partial charge in [-0.2, -0.15) is 0 Å². The van der Waals surface area contributed by atoms with E-state index in [9.17, 15) is 4.79 Å². The van der Waals surface area contributed by atoms with Crippen LogP contribution in [-0.2, 0) is 4.79 Å². The number of amidine groups is 1. The first-order valence-electron chi connectivity index (χ1n) is 5.17. The van der Waals surface area contributed by atoms with E-state index in [-0.39, 0.29) is 52.3 Å². The van der Waals surface area contributed by atoms with Gasteiger partial charge in [0.1, 0.15) is 0 Å². The molecule has 0 atom stereocenters. The fourth-order valence-corrected chi connectivity index (χ4v) is 2.14. The number of halogens is 1. The van der Waals surface area contributed by atoms with Crippen molar-refractivity contribution >= 4 is 11.6 Å². The van der Waals surface area contributed by atoms with E-state index < -0.39 is 0 Å². The van der Waals surface area contributed by atoms with E-state index in [1.165, 1.54) is 0 Å². The van der Waals surface area contributed by atoms with Crippen LogP contribution in [0.25, 0.3) is 0 Å². The number of likely N-dealkylation sites (N-methyl/N-ethyl adjacent to an activating group) is 1. The van der Waals surface area contributed by atoms with Crippen molar-refractivity contribution in [3.05, 3.63) is 13.8 Å². The second-order valence-corrected chi connectivity index (χ2v) is 6.09. The third-order valence-electron chi connectivity index (χ3n) is 1.50. The summed E-state index contributed by atoms with van der Waals surface area (Å²) < 4.78 is 2.15. The zero-order valence-electron chi connectivity index (χ0n) is 10.8. The molecule has 0 heterocycles. The number of ketones is 1. The van der Waals surface area contributed by atoms with Crippen LogP contribution in [0.4, 0.5) is 0 Å². The summed E-state index contributed by atoms with van der Waals surface area (Å²) in [6, 6.07) is 0. The number of carbonyl (C=O) groups excluding carboxylic acids is 1. The van der Waals surface area contributed by atoms with Gasteiger partial charge in [-0.25, -0.2) is 0 Å². The van der Waals surface area contributed by atoms with Crippen molar-refractivity contribution in [2.45, 2.75) is 13.3 Å². The van der Waals surface area contributed by atoms with E-state index in [0.29, 0.717) is 18.2 Å². The molecule has 0 aromatic carbocycles. The third-order valence-corrected chi connectivity index (χ3v) is 3.56. The number of aliphatic imine (C=N–C) groups is 1. The predicted octanol–water partition coefficient (Wildman–Crippen LogP) is -2.71. The molecular weight excluding hydrogens is 555 g/mol. The van der Waals surface area contributed by atoms with Gasteiger partial charge in [-0.3, -0.25) is 0 Å². The normalized spacial score (nSPS) is 10.2. The molecule has 0 fully saturated rings. The van der Waals surface area contributed by atoms with Crippen LogP contribution in [0.5, 0.6) is 0 Å². The van der Waals surface area contributed by atoms with Gasteiger partial charge in [0.05, 0.1) is 0 Å². The molecule has 0 saturated carbocycles. The van der Waals surface area contributed by atoms with Crippen molar-refractivity contribution in [2.24, 2.45) is 10.7 Å². The topological polar surface area (TPSA) is 67.5 Å². The minimum atomic E-state index is 0. The van der Waals surface area contributed by atoms with Crippen LogP contribution in [0.3, 0.4) is 0 Å². The van der Waals surface area contributed by atoms with Gasteiger partial charge in [0.15, 0.2) is 0 Å². The van der Waals surface area contributed by atoms with Crippen LogP contribution >= 0.6 is 0 Å². The molecule has 0 aliphatic heterocycles. The summed E-state index contributed by atoms with van der Waals surface area (Å²) >= 11 is 0.219. The molecule has 4 nitrogen and oxygen atoms in total. The third kappa shape index (κ3) is 26.4. The summed E-state index contributed by atoms with van der Waals surface area (Å²) in [6.45, 7) is 10.5. The van der Waals surface area contributed by atoms with Gasteiger partial charge >= 0.3 is 110 Å². The monoisotopic (exact) mass is 578 g/mol. The standard InChI is InChI=1S/C8H16INO.C3H7N2.U/c1-3-9-6-5-8(11)7-10-4-2;1-3(4)5-2;/h10H,1,3-7H2,2H3;1H2,2H3,(H2,4,5);/q-2;-1;+2. The number of Topliss-reactive ketones (excluding diaryl/α,β-unsaturated/α-hetero) is 1. The molecule has 0 unspecified atom stereocenters. The van der Waals surface area contributed by atoms with Gasteiger partial charge in [-0.1, -0.05) is 0 Å². The number of rotatable bonds is 7. The van der Waals surface area contributed by atoms with Gasteiger partial charge in [0.2, 0.25) is 0 Å². The van der Waals surface area contributed by atoms with Gasteiger partial charge < -0.3 is 17.6 Å². The van der Waals surface area contributed by atoms with Crippen LogP contribution in [-0.4, -0.2) is 40.6 Å². The number of nitrogens with two attached hydrogens (primary N) is 1. The Hall–Kier alpha value is 0.752. The number of carbonyl (C=O) groups is 1. The molecule has 0 amide bonds. The van der Waals surface area contributed by atoms with Crippen molar-refractivity contribution in [1.29, 1.82) is 0 Å². The summed E-state index contributed by atoms with van der Waals surface area (Å²) in [5.74, 6) is 0.727. The van der Waals surface area contributed by atoms with E-state index in [4.69, 9.17) is 5.73 Å². The molecular formula is C11H23IN3OU-. The Bertz CT molecular complexity index is 197. The van der Waals surface area contributed by atoms with E-state index in [0.717, 1.165) is 21.8 Å². The van der Waals surface area contributed by atoms with E-state index in [2.05, 4.69) is 24.2 Å². The molecule has 0 rings (SSSR count). The SMILES string of the molecule is [CH2-]C(N)=NC.[CH2-]C[I-]CCC(=O)CNCC.[U+2]. The average molecular weight is 578 g/mol. The second-order valence-electron chi connectivity index (χ2n) is 2.85. The first-order valence-corrected chi connectivity index (χ1v) is 8.22. The van der Waals surface area contributed by atoms with Crippen molar-refractivity contribution in [1.82, 2.24) is 5.32 Å². The Morgan fingerprint density at radius 2 is 2.06 bits per heavy atom. The van der Waals surface area contributed by atoms with Crippen molar-refractivity contribution in [3.63, 3.8) is 0 Å². The fourth-order valence-electron chi connectivity index (χ4n) is 0.620. The smallest absolute Gasteiger partial charge is 2.00 e. The van der Waals surface area contributed by atoms with Crippen LogP contribution in [0.15, 0.2) is 4.99 Å². The minimum Gasteiger partial charge on any atom is 2.00 e. The number of hydrogen-bond acceptors (Lipinski definition) is 3. The first-order chi connectivity index (χ1) is 7.58. The molecule has 0 bridgehead atoms. The maximum absolute atomic E-state index is 11.0. The summed E-state index contributed by atoms with van der Waals surface area (Å²) in [5.41, 5.74) is 4.93. The summed E-state index contributed by atoms with van der Waals surface area (Å²) in [4.78, 5) is 14.5. The van der Waals surface area contributed by atoms with Crippen molar-refractivity contribution in [3.8, 4) is 0 Å². The van der Waals surface area contributed by atoms with E-state index >= 15 is 0 Å². The Labute approximate surface area is 140 Å². The van der Waals surface area contributed by atoms with Crippen LogP contribution < -0.4 is 32.3 Å². The van der Waals surface area contributed by atoms with E-state index in [1.54, 1.807) is 7.05 Å². The van der Waals surface area contributed by atoms with Gasteiger partial charge in [-0.15, -0.1) is 0 Å². The second kappa shape index (κ2) is 19.1. The largest absolute Gasteiger partial charge is 2.00 e. The molecule has 0 spiro atoms. The maximum Gasteiger partial charge on any atom is 2.00 e.